The summed E-state index contributed by atoms with van der Waals surface area (Å²) in [6.45, 7) is 3.66. The number of fused-ring (bicyclic) bond motifs is 1. The van der Waals surface area contributed by atoms with E-state index in [4.69, 9.17) is 0 Å². The molecule has 2 nitrogen and oxygen atoms in total. The molecular weight excluding hydrogens is 270 g/mol. The Hall–Kier alpha value is -2.35. The van der Waals surface area contributed by atoms with Gasteiger partial charge in [-0.05, 0) is 41.2 Å². The molecule has 1 amide bonds. The Balaban J connectivity index is 1.66. The van der Waals surface area contributed by atoms with Crippen molar-refractivity contribution in [3.63, 3.8) is 0 Å². The minimum absolute atomic E-state index is 0.0917. The predicted molar refractivity (Wildman–Crippen MR) is 90.4 cm³/mol. The van der Waals surface area contributed by atoms with Crippen molar-refractivity contribution in [2.75, 3.05) is 6.54 Å². The highest BCUT2D eigenvalue weighted by Crippen LogP contribution is 2.18. The second-order valence-electron chi connectivity index (χ2n) is 5.71. The summed E-state index contributed by atoms with van der Waals surface area (Å²) >= 11 is 0. The number of aryl methyl sites for hydroxylation is 1. The molecule has 0 radical (unpaired) electrons. The van der Waals surface area contributed by atoms with Crippen molar-refractivity contribution in [1.82, 2.24) is 4.90 Å². The standard InChI is InChI=1S/C20H21NO/c1-2-16-7-9-17(10-8-16)11-12-20(22)21-14-13-18-5-3-4-6-19(18)15-21/h3-12H,2,13-15H2,1H3/b12-11+. The fourth-order valence-electron chi connectivity index (χ4n) is 2.82. The molecule has 0 aromatic heterocycles. The fourth-order valence-corrected chi connectivity index (χ4v) is 2.82. The molecule has 0 bridgehead atoms. The molecule has 0 N–H and O–H groups in total. The van der Waals surface area contributed by atoms with Crippen molar-refractivity contribution in [3.8, 4) is 0 Å². The predicted octanol–water partition coefficient (Wildman–Crippen LogP) is 3.85. The molecule has 0 aliphatic carbocycles. The Morgan fingerprint density at radius 2 is 1.82 bits per heavy atom. The topological polar surface area (TPSA) is 20.3 Å². The second-order valence-corrected chi connectivity index (χ2v) is 5.71. The lowest BCUT2D eigenvalue weighted by molar-refractivity contribution is -0.126. The van der Waals surface area contributed by atoms with Gasteiger partial charge >= 0.3 is 0 Å². The number of hydrogen-bond acceptors (Lipinski definition) is 1. The van der Waals surface area contributed by atoms with Crippen LogP contribution in [0.25, 0.3) is 6.08 Å². The summed E-state index contributed by atoms with van der Waals surface area (Å²) in [5.41, 5.74) is 5.02. The van der Waals surface area contributed by atoms with Gasteiger partial charge in [-0.15, -0.1) is 0 Å². The zero-order chi connectivity index (χ0) is 15.4. The number of rotatable bonds is 3. The van der Waals surface area contributed by atoms with E-state index in [-0.39, 0.29) is 5.91 Å². The molecule has 22 heavy (non-hydrogen) atoms. The molecular formula is C20H21NO. The van der Waals surface area contributed by atoms with Crippen molar-refractivity contribution < 1.29 is 4.79 Å². The molecule has 2 aromatic carbocycles. The first-order chi connectivity index (χ1) is 10.8. The van der Waals surface area contributed by atoms with E-state index in [1.807, 2.05) is 17.0 Å². The number of nitrogens with zero attached hydrogens (tertiary/aromatic N) is 1. The summed E-state index contributed by atoms with van der Waals surface area (Å²) in [5.74, 6) is 0.0917. The lowest BCUT2D eigenvalue weighted by atomic mass is 10.00. The maximum absolute atomic E-state index is 12.3. The van der Waals surface area contributed by atoms with Gasteiger partial charge in [0.15, 0.2) is 0 Å². The molecule has 2 aromatic rings. The van der Waals surface area contributed by atoms with Crippen LogP contribution in [0.3, 0.4) is 0 Å². The maximum atomic E-state index is 12.3. The van der Waals surface area contributed by atoms with E-state index in [9.17, 15) is 4.79 Å². The van der Waals surface area contributed by atoms with Crippen LogP contribution in [0.4, 0.5) is 0 Å². The monoisotopic (exact) mass is 291 g/mol. The van der Waals surface area contributed by atoms with Gasteiger partial charge in [0.05, 0.1) is 0 Å². The molecule has 0 unspecified atom stereocenters. The van der Waals surface area contributed by atoms with Gasteiger partial charge in [0.2, 0.25) is 5.91 Å². The van der Waals surface area contributed by atoms with Gasteiger partial charge in [-0.2, -0.15) is 0 Å². The van der Waals surface area contributed by atoms with Crippen LogP contribution in [0, 0.1) is 0 Å². The van der Waals surface area contributed by atoms with E-state index in [0.29, 0.717) is 6.54 Å². The van der Waals surface area contributed by atoms with Gasteiger partial charge in [-0.3, -0.25) is 4.79 Å². The molecule has 2 heteroatoms. The second kappa shape index (κ2) is 6.61. The first kappa shape index (κ1) is 14.6. The first-order valence-corrected chi connectivity index (χ1v) is 7.89. The summed E-state index contributed by atoms with van der Waals surface area (Å²) in [7, 11) is 0. The van der Waals surface area contributed by atoms with Gasteiger partial charge in [-0.1, -0.05) is 55.5 Å². The highest BCUT2D eigenvalue weighted by atomic mass is 16.2. The van der Waals surface area contributed by atoms with Crippen molar-refractivity contribution in [1.29, 1.82) is 0 Å². The quantitative estimate of drug-likeness (QED) is 0.787. The van der Waals surface area contributed by atoms with Crippen LogP contribution in [-0.2, 0) is 24.2 Å². The molecule has 0 fully saturated rings. The van der Waals surface area contributed by atoms with Crippen molar-refractivity contribution in [3.05, 3.63) is 76.9 Å². The Bertz CT molecular complexity index is 685. The summed E-state index contributed by atoms with van der Waals surface area (Å²) in [4.78, 5) is 14.3. The Kier molecular flexibility index (Phi) is 4.38. The minimum Gasteiger partial charge on any atom is -0.334 e. The molecule has 0 saturated carbocycles. The van der Waals surface area contributed by atoms with Crippen molar-refractivity contribution in [2.45, 2.75) is 26.3 Å². The van der Waals surface area contributed by atoms with Crippen LogP contribution >= 0.6 is 0 Å². The molecule has 0 spiro atoms. The Morgan fingerprint density at radius 1 is 1.09 bits per heavy atom. The smallest absolute Gasteiger partial charge is 0.246 e. The molecule has 1 heterocycles. The lowest BCUT2D eigenvalue weighted by Crippen LogP contribution is -2.34. The maximum Gasteiger partial charge on any atom is 0.246 e. The number of amides is 1. The SMILES string of the molecule is CCc1ccc(/C=C/C(=O)N2CCc3ccccc3C2)cc1. The van der Waals surface area contributed by atoms with Crippen LogP contribution in [0.1, 0.15) is 29.2 Å². The first-order valence-electron chi connectivity index (χ1n) is 7.89. The summed E-state index contributed by atoms with van der Waals surface area (Å²) in [6.07, 6.45) is 5.58. The molecule has 112 valence electrons. The average molecular weight is 291 g/mol. The summed E-state index contributed by atoms with van der Waals surface area (Å²) in [5, 5.41) is 0. The fraction of sp³-hybridized carbons (Fsp3) is 0.250. The molecule has 3 rings (SSSR count). The molecule has 1 aliphatic rings. The third kappa shape index (κ3) is 3.28. The van der Waals surface area contributed by atoms with Crippen LogP contribution in [-0.4, -0.2) is 17.4 Å². The van der Waals surface area contributed by atoms with Gasteiger partial charge in [0.1, 0.15) is 0 Å². The normalized spacial score (nSPS) is 14.1. The molecule has 1 aliphatic heterocycles. The minimum atomic E-state index is 0.0917. The largest absolute Gasteiger partial charge is 0.334 e. The number of carbonyl (C=O) groups excluding carboxylic acids is 1. The number of carbonyl (C=O) groups is 1. The van der Waals surface area contributed by atoms with Crippen LogP contribution < -0.4 is 0 Å². The highest BCUT2D eigenvalue weighted by Gasteiger charge is 2.18. The van der Waals surface area contributed by atoms with E-state index < -0.39 is 0 Å². The van der Waals surface area contributed by atoms with E-state index in [1.165, 1.54) is 16.7 Å². The number of benzene rings is 2. The Morgan fingerprint density at radius 3 is 2.55 bits per heavy atom. The third-order valence-electron chi connectivity index (χ3n) is 4.25. The van der Waals surface area contributed by atoms with E-state index >= 15 is 0 Å². The lowest BCUT2D eigenvalue weighted by Gasteiger charge is -2.27. The van der Waals surface area contributed by atoms with Crippen molar-refractivity contribution >= 4 is 12.0 Å². The summed E-state index contributed by atoms with van der Waals surface area (Å²) in [6, 6.07) is 16.7. The van der Waals surface area contributed by atoms with Crippen LogP contribution in [0.15, 0.2) is 54.6 Å². The van der Waals surface area contributed by atoms with Gasteiger partial charge in [0.25, 0.3) is 0 Å². The van der Waals surface area contributed by atoms with E-state index in [2.05, 4.69) is 49.4 Å². The molecule has 0 atom stereocenters. The third-order valence-corrected chi connectivity index (χ3v) is 4.25. The van der Waals surface area contributed by atoms with Gasteiger partial charge in [-0.25, -0.2) is 0 Å². The van der Waals surface area contributed by atoms with E-state index in [0.717, 1.165) is 24.9 Å². The van der Waals surface area contributed by atoms with Gasteiger partial charge < -0.3 is 4.90 Å². The summed E-state index contributed by atoms with van der Waals surface area (Å²) < 4.78 is 0. The van der Waals surface area contributed by atoms with Crippen molar-refractivity contribution in [2.24, 2.45) is 0 Å². The molecule has 0 saturated heterocycles. The van der Waals surface area contributed by atoms with E-state index in [1.54, 1.807) is 6.08 Å². The Labute approximate surface area is 132 Å². The zero-order valence-corrected chi connectivity index (χ0v) is 13.0. The average Bonchev–Trinajstić information content (AvgIpc) is 2.59. The highest BCUT2D eigenvalue weighted by molar-refractivity contribution is 5.91. The number of hydrogen-bond donors (Lipinski definition) is 0. The van der Waals surface area contributed by atoms with Gasteiger partial charge in [0, 0.05) is 19.2 Å². The van der Waals surface area contributed by atoms with Crippen LogP contribution in [0.2, 0.25) is 0 Å². The zero-order valence-electron chi connectivity index (χ0n) is 13.0. The van der Waals surface area contributed by atoms with Crippen LogP contribution in [0.5, 0.6) is 0 Å².